The van der Waals surface area contributed by atoms with E-state index in [4.69, 9.17) is 4.74 Å². The molecular weight excluding hydrogens is 420 g/mol. The molecule has 0 aromatic heterocycles. The van der Waals surface area contributed by atoms with Gasteiger partial charge in [-0.15, -0.1) is 0 Å². The second-order valence-electron chi connectivity index (χ2n) is 9.14. The molecule has 0 radical (unpaired) electrons. The summed E-state index contributed by atoms with van der Waals surface area (Å²) >= 11 is 0. The Hall–Kier alpha value is -3.48. The predicted molar refractivity (Wildman–Crippen MR) is 124 cm³/mol. The van der Waals surface area contributed by atoms with E-state index >= 15 is 0 Å². The van der Waals surface area contributed by atoms with Crippen molar-refractivity contribution >= 4 is 35.1 Å². The number of ether oxygens (including phenoxy) is 1. The fourth-order valence-electron chi connectivity index (χ4n) is 4.77. The lowest BCUT2D eigenvalue weighted by molar-refractivity contribution is -0.122. The maximum absolute atomic E-state index is 13.0. The average Bonchev–Trinajstić information content (AvgIpc) is 3.03. The summed E-state index contributed by atoms with van der Waals surface area (Å²) in [4.78, 5) is 51.8. The first-order chi connectivity index (χ1) is 15.7. The number of imide groups is 1. The van der Waals surface area contributed by atoms with Crippen molar-refractivity contribution in [2.45, 2.75) is 40.0 Å². The van der Waals surface area contributed by atoms with E-state index in [2.05, 4.69) is 12.2 Å². The van der Waals surface area contributed by atoms with Gasteiger partial charge in [-0.1, -0.05) is 30.7 Å². The topological polar surface area (TPSA) is 92.8 Å². The summed E-state index contributed by atoms with van der Waals surface area (Å²) in [5.41, 5.74) is 3.19. The lowest BCUT2D eigenvalue weighted by Crippen LogP contribution is -2.31. The van der Waals surface area contributed by atoms with Gasteiger partial charge in [-0.2, -0.15) is 0 Å². The van der Waals surface area contributed by atoms with Gasteiger partial charge in [0.15, 0.2) is 6.61 Å². The summed E-state index contributed by atoms with van der Waals surface area (Å²) in [6, 6.07) is 11.9. The van der Waals surface area contributed by atoms with E-state index < -0.39 is 18.5 Å². The molecule has 4 rings (SSSR count). The van der Waals surface area contributed by atoms with Crippen LogP contribution < -0.4 is 10.2 Å². The van der Waals surface area contributed by atoms with Crippen molar-refractivity contribution in [1.82, 2.24) is 0 Å². The summed E-state index contributed by atoms with van der Waals surface area (Å²) in [5.74, 6) is -1.69. The highest BCUT2D eigenvalue weighted by Crippen LogP contribution is 2.42. The van der Waals surface area contributed by atoms with Crippen molar-refractivity contribution in [3.8, 4) is 0 Å². The quantitative estimate of drug-likeness (QED) is 0.551. The minimum Gasteiger partial charge on any atom is -0.452 e. The summed E-state index contributed by atoms with van der Waals surface area (Å²) in [6.45, 7) is 5.51. The maximum Gasteiger partial charge on any atom is 0.338 e. The number of carbonyl (C=O) groups is 4. The molecule has 1 heterocycles. The normalized spacial score (nSPS) is 22.2. The Morgan fingerprint density at radius 2 is 1.79 bits per heavy atom. The van der Waals surface area contributed by atoms with Crippen LogP contribution in [0.1, 0.15) is 47.7 Å². The summed E-state index contributed by atoms with van der Waals surface area (Å²) in [5, 5.41) is 2.73. The zero-order valence-corrected chi connectivity index (χ0v) is 19.1. The average molecular weight is 449 g/mol. The molecule has 0 spiro atoms. The maximum atomic E-state index is 13.0. The Labute approximate surface area is 193 Å². The molecule has 7 heteroatoms. The number of nitrogens with one attached hydrogen (secondary N) is 1. The molecule has 2 aromatic rings. The molecule has 33 heavy (non-hydrogen) atoms. The number of anilines is 2. The summed E-state index contributed by atoms with van der Waals surface area (Å²) < 4.78 is 5.17. The third-order valence-electron chi connectivity index (χ3n) is 6.52. The SMILES string of the molecule is Cc1ccc(NC(=O)COC(=O)c2cccc(N3C(=O)[C@@H]4CC[C@@H](C)C[C@H]4C3=O)c2)c(C)c1. The molecule has 1 aliphatic heterocycles. The molecule has 3 atom stereocenters. The Morgan fingerprint density at radius 1 is 1.03 bits per heavy atom. The molecule has 172 valence electrons. The minimum atomic E-state index is -0.697. The second-order valence-corrected chi connectivity index (χ2v) is 9.14. The van der Waals surface area contributed by atoms with Gasteiger partial charge in [0.2, 0.25) is 11.8 Å². The van der Waals surface area contributed by atoms with Gasteiger partial charge in [0.05, 0.1) is 23.1 Å². The van der Waals surface area contributed by atoms with Gasteiger partial charge in [-0.25, -0.2) is 4.79 Å². The van der Waals surface area contributed by atoms with Gasteiger partial charge in [-0.3, -0.25) is 19.3 Å². The highest BCUT2D eigenvalue weighted by molar-refractivity contribution is 6.22. The van der Waals surface area contributed by atoms with Crippen LogP contribution in [0, 0.1) is 31.6 Å². The molecule has 3 amide bonds. The van der Waals surface area contributed by atoms with Crippen molar-refractivity contribution in [3.63, 3.8) is 0 Å². The third-order valence-corrected chi connectivity index (χ3v) is 6.52. The number of nitrogens with zero attached hydrogens (tertiary/aromatic N) is 1. The number of esters is 1. The van der Waals surface area contributed by atoms with E-state index in [1.807, 2.05) is 26.0 Å². The number of aryl methyl sites for hydroxylation is 2. The fourth-order valence-corrected chi connectivity index (χ4v) is 4.77. The van der Waals surface area contributed by atoms with Crippen molar-refractivity contribution in [2.75, 3.05) is 16.8 Å². The molecule has 2 aromatic carbocycles. The molecule has 1 N–H and O–H groups in total. The number of benzene rings is 2. The van der Waals surface area contributed by atoms with E-state index in [1.54, 1.807) is 18.2 Å². The van der Waals surface area contributed by atoms with Crippen LogP contribution in [0.2, 0.25) is 0 Å². The highest BCUT2D eigenvalue weighted by Gasteiger charge is 2.50. The Bertz CT molecular complexity index is 1130. The summed E-state index contributed by atoms with van der Waals surface area (Å²) in [6.07, 6.45) is 2.36. The van der Waals surface area contributed by atoms with Gasteiger partial charge in [-0.05, 0) is 68.9 Å². The smallest absolute Gasteiger partial charge is 0.338 e. The zero-order chi connectivity index (χ0) is 23.7. The fraction of sp³-hybridized carbons (Fsp3) is 0.385. The van der Waals surface area contributed by atoms with Gasteiger partial charge < -0.3 is 10.1 Å². The lowest BCUT2D eigenvalue weighted by Gasteiger charge is -2.25. The van der Waals surface area contributed by atoms with Crippen LogP contribution in [0.15, 0.2) is 42.5 Å². The zero-order valence-electron chi connectivity index (χ0n) is 19.1. The molecule has 0 bridgehead atoms. The molecule has 0 unspecified atom stereocenters. The Balaban J connectivity index is 1.41. The number of fused-ring (bicyclic) bond motifs is 1. The van der Waals surface area contributed by atoms with Gasteiger partial charge >= 0.3 is 5.97 Å². The van der Waals surface area contributed by atoms with Crippen LogP contribution in [0.5, 0.6) is 0 Å². The van der Waals surface area contributed by atoms with E-state index in [0.29, 0.717) is 30.1 Å². The van der Waals surface area contributed by atoms with Crippen LogP contribution in [0.4, 0.5) is 11.4 Å². The van der Waals surface area contributed by atoms with Crippen LogP contribution in [-0.2, 0) is 19.1 Å². The predicted octanol–water partition coefficient (Wildman–Crippen LogP) is 4.02. The van der Waals surface area contributed by atoms with Crippen LogP contribution in [-0.4, -0.2) is 30.3 Å². The van der Waals surface area contributed by atoms with Crippen molar-refractivity contribution in [3.05, 3.63) is 59.2 Å². The van der Waals surface area contributed by atoms with Gasteiger partial charge in [0.25, 0.3) is 5.91 Å². The number of rotatable bonds is 5. The largest absolute Gasteiger partial charge is 0.452 e. The second kappa shape index (κ2) is 9.17. The molecule has 1 aliphatic carbocycles. The van der Waals surface area contributed by atoms with Crippen molar-refractivity contribution in [1.29, 1.82) is 0 Å². The highest BCUT2D eigenvalue weighted by atomic mass is 16.5. The van der Waals surface area contributed by atoms with Crippen molar-refractivity contribution in [2.24, 2.45) is 17.8 Å². The monoisotopic (exact) mass is 448 g/mol. The van der Waals surface area contributed by atoms with E-state index in [1.165, 1.54) is 17.0 Å². The molecular formula is C26H28N2O5. The van der Waals surface area contributed by atoms with Crippen LogP contribution in [0.3, 0.4) is 0 Å². The van der Waals surface area contributed by atoms with Gasteiger partial charge in [0.1, 0.15) is 0 Å². The van der Waals surface area contributed by atoms with Crippen LogP contribution in [0.25, 0.3) is 0 Å². The molecule has 2 aliphatic rings. The molecule has 1 saturated heterocycles. The van der Waals surface area contributed by atoms with Gasteiger partial charge in [0, 0.05) is 5.69 Å². The minimum absolute atomic E-state index is 0.177. The Morgan fingerprint density at radius 3 is 2.55 bits per heavy atom. The molecule has 7 nitrogen and oxygen atoms in total. The van der Waals surface area contributed by atoms with E-state index in [-0.39, 0.29) is 29.2 Å². The molecule has 2 fully saturated rings. The number of hydrogen-bond donors (Lipinski definition) is 1. The number of carbonyl (C=O) groups excluding carboxylic acids is 4. The lowest BCUT2D eigenvalue weighted by atomic mass is 9.76. The standard InChI is InChI=1S/C26H28N2O5/c1-15-8-10-22(17(3)11-15)27-23(29)14-33-26(32)18-5-4-6-19(13-18)28-24(30)20-9-7-16(2)12-21(20)25(28)31/h4-6,8,10-11,13,16,20-21H,7,9,12,14H2,1-3H3,(H,27,29)/t16-,20-,21-/m1/s1. The summed E-state index contributed by atoms with van der Waals surface area (Å²) in [7, 11) is 0. The first-order valence-electron chi connectivity index (χ1n) is 11.3. The number of amides is 3. The third kappa shape index (κ3) is 4.67. The first kappa shape index (κ1) is 22.7. The van der Waals surface area contributed by atoms with Crippen LogP contribution >= 0.6 is 0 Å². The van der Waals surface area contributed by atoms with E-state index in [9.17, 15) is 19.2 Å². The molecule has 1 saturated carbocycles. The van der Waals surface area contributed by atoms with Crippen molar-refractivity contribution < 1.29 is 23.9 Å². The van der Waals surface area contributed by atoms with E-state index in [0.717, 1.165) is 17.5 Å². The number of hydrogen-bond acceptors (Lipinski definition) is 5. The Kier molecular flexibility index (Phi) is 6.31. The first-order valence-corrected chi connectivity index (χ1v) is 11.3.